The average Bonchev–Trinajstić information content (AvgIpc) is 3.86. The van der Waals surface area contributed by atoms with Crippen LogP contribution in [-0.4, -0.2) is 0 Å². The van der Waals surface area contributed by atoms with E-state index in [0.29, 0.717) is 0 Å². The van der Waals surface area contributed by atoms with E-state index in [-0.39, 0.29) is 0 Å². The van der Waals surface area contributed by atoms with E-state index in [0.717, 1.165) is 17.1 Å². The van der Waals surface area contributed by atoms with Gasteiger partial charge in [-0.25, -0.2) is 0 Å². The number of anilines is 3. The van der Waals surface area contributed by atoms with Crippen LogP contribution in [0.3, 0.4) is 0 Å². The summed E-state index contributed by atoms with van der Waals surface area (Å²) in [5.74, 6) is 0. The van der Waals surface area contributed by atoms with E-state index < -0.39 is 10.8 Å². The lowest BCUT2D eigenvalue weighted by Crippen LogP contribution is -2.29. The smallest absolute Gasteiger partial charge is 0.0714 e. The summed E-state index contributed by atoms with van der Waals surface area (Å²) in [4.78, 5) is 2.48. The van der Waals surface area contributed by atoms with Gasteiger partial charge in [-0.2, -0.15) is 0 Å². The summed E-state index contributed by atoms with van der Waals surface area (Å²) in [5, 5.41) is 2.49. The first-order chi connectivity index (χ1) is 33.2. The number of benzene rings is 11. The van der Waals surface area contributed by atoms with E-state index in [2.05, 4.69) is 278 Å². The summed E-state index contributed by atoms with van der Waals surface area (Å²) >= 11 is 0. The molecule has 1 heteroatoms. The Balaban J connectivity index is 1.07. The molecule has 1 nitrogen and oxygen atoms in total. The van der Waals surface area contributed by atoms with Crippen LogP contribution in [0.4, 0.5) is 17.1 Å². The summed E-state index contributed by atoms with van der Waals surface area (Å²) in [6, 6.07) is 101. The van der Waals surface area contributed by atoms with Crippen molar-refractivity contribution in [3.05, 3.63) is 317 Å². The highest BCUT2D eigenvalue weighted by Crippen LogP contribution is 2.60. The minimum Gasteiger partial charge on any atom is -0.310 e. The summed E-state index contributed by atoms with van der Waals surface area (Å²) in [7, 11) is 0. The molecule has 2 aliphatic rings. The lowest BCUT2D eigenvalue weighted by Gasteiger charge is -2.35. The normalized spacial score (nSPS) is 13.6. The van der Waals surface area contributed by atoms with Crippen LogP contribution in [-0.2, 0) is 10.8 Å². The highest BCUT2D eigenvalue weighted by atomic mass is 15.1. The lowest BCUT2D eigenvalue weighted by atomic mass is 9.67. The lowest BCUT2D eigenvalue weighted by molar-refractivity contribution is 0.768. The highest BCUT2D eigenvalue weighted by Gasteiger charge is 2.48. The van der Waals surface area contributed by atoms with E-state index in [1.54, 1.807) is 0 Å². The van der Waals surface area contributed by atoms with Crippen LogP contribution in [0.25, 0.3) is 44.2 Å². The molecule has 0 heterocycles. The Morgan fingerprint density at radius 3 is 1.21 bits per heavy atom. The van der Waals surface area contributed by atoms with Crippen molar-refractivity contribution < 1.29 is 0 Å². The van der Waals surface area contributed by atoms with Crippen molar-refractivity contribution >= 4 is 27.8 Å². The van der Waals surface area contributed by atoms with E-state index >= 15 is 0 Å². The van der Waals surface area contributed by atoms with E-state index in [9.17, 15) is 0 Å². The van der Waals surface area contributed by atoms with Crippen molar-refractivity contribution in [2.24, 2.45) is 0 Å². The van der Waals surface area contributed by atoms with Crippen LogP contribution in [0, 0.1) is 0 Å². The molecule has 0 aromatic heterocycles. The monoisotopic (exact) mass is 851 g/mol. The third-order valence-electron chi connectivity index (χ3n) is 14.6. The van der Waals surface area contributed by atoms with Crippen LogP contribution in [0.2, 0.25) is 0 Å². The molecular formula is C66H45N. The van der Waals surface area contributed by atoms with Gasteiger partial charge in [0.15, 0.2) is 0 Å². The number of hydrogen-bond acceptors (Lipinski definition) is 1. The van der Waals surface area contributed by atoms with Gasteiger partial charge >= 0.3 is 0 Å². The molecular weight excluding hydrogens is 807 g/mol. The maximum absolute atomic E-state index is 2.49. The zero-order valence-corrected chi connectivity index (χ0v) is 36.9. The Morgan fingerprint density at radius 1 is 0.224 bits per heavy atom. The van der Waals surface area contributed by atoms with Crippen LogP contribution in [0.5, 0.6) is 0 Å². The molecule has 0 radical (unpaired) electrons. The Kier molecular flexibility index (Phi) is 9.05. The fourth-order valence-corrected chi connectivity index (χ4v) is 11.8. The molecule has 0 bridgehead atoms. The second-order valence-corrected chi connectivity index (χ2v) is 18.0. The van der Waals surface area contributed by atoms with E-state index in [1.165, 1.54) is 88.7 Å². The zero-order valence-electron chi connectivity index (χ0n) is 36.9. The molecule has 0 N–H and O–H groups in total. The summed E-state index contributed by atoms with van der Waals surface area (Å²) in [5.41, 5.74) is 19.9. The molecule has 0 aliphatic heterocycles. The minimum absolute atomic E-state index is 0.483. The minimum atomic E-state index is -0.572. The number of rotatable bonds is 8. The number of nitrogens with zero attached hydrogens (tertiary/aromatic N) is 1. The first kappa shape index (κ1) is 38.9. The second kappa shape index (κ2) is 15.6. The van der Waals surface area contributed by atoms with Crippen LogP contribution in [0.1, 0.15) is 44.5 Å². The molecule has 11 aromatic carbocycles. The summed E-state index contributed by atoms with van der Waals surface area (Å²) in [6.45, 7) is 0. The predicted molar refractivity (Wildman–Crippen MR) is 279 cm³/mol. The van der Waals surface area contributed by atoms with Crippen molar-refractivity contribution in [3.63, 3.8) is 0 Å². The first-order valence-corrected chi connectivity index (χ1v) is 23.3. The molecule has 314 valence electrons. The molecule has 0 saturated carbocycles. The maximum atomic E-state index is 2.49. The van der Waals surface area contributed by atoms with Crippen LogP contribution < -0.4 is 4.90 Å². The summed E-state index contributed by atoms with van der Waals surface area (Å²) < 4.78 is 0. The van der Waals surface area contributed by atoms with Gasteiger partial charge in [-0.05, 0) is 137 Å². The fraction of sp³-hybridized carbons (Fsp3) is 0.0303. The third-order valence-corrected chi connectivity index (χ3v) is 14.6. The molecule has 11 aromatic rings. The Morgan fingerprint density at radius 2 is 0.612 bits per heavy atom. The van der Waals surface area contributed by atoms with E-state index in [1.807, 2.05) is 0 Å². The molecule has 0 atom stereocenters. The van der Waals surface area contributed by atoms with Crippen LogP contribution in [0.15, 0.2) is 273 Å². The Labute approximate surface area is 392 Å². The van der Waals surface area contributed by atoms with Crippen molar-refractivity contribution in [2.45, 2.75) is 10.8 Å². The molecule has 67 heavy (non-hydrogen) atoms. The quantitative estimate of drug-likeness (QED) is 0.147. The van der Waals surface area contributed by atoms with Gasteiger partial charge in [0.1, 0.15) is 0 Å². The number of fused-ring (bicyclic) bond motifs is 7. The predicted octanol–water partition coefficient (Wildman–Crippen LogP) is 16.7. The van der Waals surface area contributed by atoms with Gasteiger partial charge in [-0.15, -0.1) is 0 Å². The highest BCUT2D eigenvalue weighted by molar-refractivity contribution is 5.97. The molecule has 0 saturated heterocycles. The molecule has 0 fully saturated rings. The van der Waals surface area contributed by atoms with Gasteiger partial charge in [0.05, 0.1) is 10.8 Å². The molecule has 13 rings (SSSR count). The van der Waals surface area contributed by atoms with Gasteiger partial charge in [0.2, 0.25) is 0 Å². The van der Waals surface area contributed by atoms with Crippen molar-refractivity contribution in [1.29, 1.82) is 0 Å². The van der Waals surface area contributed by atoms with Gasteiger partial charge in [-0.3, -0.25) is 0 Å². The molecule has 0 unspecified atom stereocenters. The number of hydrogen-bond donors (Lipinski definition) is 0. The molecule has 0 amide bonds. The topological polar surface area (TPSA) is 3.24 Å². The Bertz CT molecular complexity index is 3520. The van der Waals surface area contributed by atoms with Crippen molar-refractivity contribution in [3.8, 4) is 33.4 Å². The summed E-state index contributed by atoms with van der Waals surface area (Å²) in [6.07, 6.45) is 0. The van der Waals surface area contributed by atoms with Gasteiger partial charge in [-0.1, -0.05) is 224 Å². The third kappa shape index (κ3) is 5.88. The van der Waals surface area contributed by atoms with E-state index in [4.69, 9.17) is 0 Å². The molecule has 0 spiro atoms. The largest absolute Gasteiger partial charge is 0.310 e. The standard InChI is InChI=1S/C66H45N/c1-6-20-46(21-7-1)47-34-36-54(37-35-47)67(55-39-41-62-60(44-55)57-32-18-19-33-61(57)65(62,50-24-8-2-9-25-50)51-26-10-3-11-27-51)56-38-40-58-59-42-48-22-16-17-23-49(48)43-63(59)66(64(58)45-56,52-28-12-4-13-29-52)53-30-14-5-15-31-53/h1-45H. The van der Waals surface area contributed by atoms with Crippen molar-refractivity contribution in [1.82, 2.24) is 0 Å². The fourth-order valence-electron chi connectivity index (χ4n) is 11.8. The maximum Gasteiger partial charge on any atom is 0.0714 e. The SMILES string of the molecule is c1ccc(-c2ccc(N(c3ccc4c(c3)-c3ccccc3C4(c3ccccc3)c3ccccc3)c3ccc4c(c3)C(c3ccccc3)(c3ccccc3)c3cc5ccccc5cc3-4)cc2)cc1. The second-order valence-electron chi connectivity index (χ2n) is 18.0. The van der Waals surface area contributed by atoms with Crippen LogP contribution >= 0.6 is 0 Å². The van der Waals surface area contributed by atoms with Gasteiger partial charge < -0.3 is 4.90 Å². The Hall–Kier alpha value is -8.52. The van der Waals surface area contributed by atoms with Gasteiger partial charge in [0, 0.05) is 17.1 Å². The first-order valence-electron chi connectivity index (χ1n) is 23.3. The molecule has 2 aliphatic carbocycles. The van der Waals surface area contributed by atoms with Gasteiger partial charge in [0.25, 0.3) is 0 Å². The average molecular weight is 852 g/mol. The zero-order chi connectivity index (χ0) is 44.4. The van der Waals surface area contributed by atoms with Crippen molar-refractivity contribution in [2.75, 3.05) is 4.90 Å².